The van der Waals surface area contributed by atoms with Crippen molar-refractivity contribution in [1.82, 2.24) is 9.97 Å². The summed E-state index contributed by atoms with van der Waals surface area (Å²) in [5.74, 6) is 0.530. The molecule has 0 aliphatic heterocycles. The topological polar surface area (TPSA) is 45.8 Å². The monoisotopic (exact) mass is 312 g/mol. The van der Waals surface area contributed by atoms with Gasteiger partial charge in [0.1, 0.15) is 0 Å². The number of aromatic amines is 1. The predicted octanol–water partition coefficient (Wildman–Crippen LogP) is 4.01. The first-order valence-corrected chi connectivity index (χ1v) is 7.14. The molecule has 1 aromatic heterocycles. The van der Waals surface area contributed by atoms with E-state index in [0.717, 1.165) is 5.56 Å². The van der Waals surface area contributed by atoms with Gasteiger partial charge in [0.2, 0.25) is 0 Å². The molecule has 98 valence electrons. The molecule has 0 atom stereocenters. The van der Waals surface area contributed by atoms with E-state index in [2.05, 4.69) is 16.5 Å². The van der Waals surface area contributed by atoms with E-state index in [4.69, 9.17) is 23.2 Å². The number of nitrogens with zero attached hydrogens (tertiary/aromatic N) is 1. The molecule has 2 rings (SSSR count). The van der Waals surface area contributed by atoms with E-state index in [1.54, 1.807) is 18.2 Å². The Balaban J connectivity index is 2.21. The highest BCUT2D eigenvalue weighted by Crippen LogP contribution is 2.29. The molecule has 0 spiro atoms. The van der Waals surface area contributed by atoms with Crippen LogP contribution in [0.1, 0.15) is 11.3 Å². The summed E-state index contributed by atoms with van der Waals surface area (Å²) in [6.45, 7) is 3.59. The summed E-state index contributed by atoms with van der Waals surface area (Å²) in [5.41, 5.74) is 1.15. The quantitative estimate of drug-likeness (QED) is 0.685. The number of H-pyrrole nitrogens is 1. The van der Waals surface area contributed by atoms with Crippen LogP contribution in [0, 0.1) is 0 Å². The molecule has 1 N–H and O–H groups in total. The number of hydrogen-bond donors (Lipinski definition) is 1. The molecule has 1 heterocycles. The maximum absolute atomic E-state index is 11.4. The van der Waals surface area contributed by atoms with Crippen LogP contribution in [0.25, 0.3) is 6.08 Å². The number of nitrogens with one attached hydrogen (secondary N) is 1. The fraction of sp³-hybridized carbons (Fsp3) is 0.0769. The standard InChI is InChI=1S/C13H10Cl2N2OS/c1-2-8-6-12(18)17-13(16-8)19-7-9-10(14)4-3-5-11(9)15/h2-6H,1,7H2,(H,16,17,18). The summed E-state index contributed by atoms with van der Waals surface area (Å²) in [6, 6.07) is 6.73. The molecule has 0 aliphatic rings. The van der Waals surface area contributed by atoms with Crippen LogP contribution in [-0.2, 0) is 5.75 Å². The van der Waals surface area contributed by atoms with Crippen molar-refractivity contribution in [2.24, 2.45) is 0 Å². The molecule has 19 heavy (non-hydrogen) atoms. The molecular formula is C13H10Cl2N2OS. The third kappa shape index (κ3) is 3.62. The first kappa shape index (κ1) is 14.2. The summed E-state index contributed by atoms with van der Waals surface area (Å²) in [4.78, 5) is 18.3. The van der Waals surface area contributed by atoms with Crippen LogP contribution >= 0.6 is 35.0 Å². The van der Waals surface area contributed by atoms with E-state index >= 15 is 0 Å². The van der Waals surface area contributed by atoms with Crippen LogP contribution in [-0.4, -0.2) is 9.97 Å². The summed E-state index contributed by atoms with van der Waals surface area (Å²) < 4.78 is 0. The number of hydrogen-bond acceptors (Lipinski definition) is 3. The van der Waals surface area contributed by atoms with Gasteiger partial charge in [0.25, 0.3) is 5.56 Å². The normalized spacial score (nSPS) is 10.4. The van der Waals surface area contributed by atoms with Gasteiger partial charge >= 0.3 is 0 Å². The first-order valence-electron chi connectivity index (χ1n) is 5.39. The molecule has 0 saturated heterocycles. The molecule has 0 bridgehead atoms. The molecule has 2 aromatic rings. The van der Waals surface area contributed by atoms with E-state index in [1.165, 1.54) is 23.9 Å². The molecule has 0 amide bonds. The third-order valence-corrected chi connectivity index (χ3v) is 3.97. The molecule has 3 nitrogen and oxygen atoms in total. The van der Waals surface area contributed by atoms with E-state index in [1.807, 2.05) is 0 Å². The van der Waals surface area contributed by atoms with Gasteiger partial charge in [-0.1, -0.05) is 47.6 Å². The van der Waals surface area contributed by atoms with Crippen molar-refractivity contribution >= 4 is 41.0 Å². The molecule has 6 heteroatoms. The summed E-state index contributed by atoms with van der Waals surface area (Å²) in [5, 5.41) is 1.71. The smallest absolute Gasteiger partial charge is 0.252 e. The van der Waals surface area contributed by atoms with E-state index in [0.29, 0.717) is 26.6 Å². The van der Waals surface area contributed by atoms with Crippen molar-refractivity contribution in [2.45, 2.75) is 10.9 Å². The largest absolute Gasteiger partial charge is 0.301 e. The van der Waals surface area contributed by atoms with Crippen LogP contribution in [0.15, 0.2) is 40.8 Å². The molecule has 0 aliphatic carbocycles. The summed E-state index contributed by atoms with van der Waals surface area (Å²) >= 11 is 13.5. The minimum atomic E-state index is -0.211. The van der Waals surface area contributed by atoms with E-state index < -0.39 is 0 Å². The first-order chi connectivity index (χ1) is 9.10. The lowest BCUT2D eigenvalue weighted by molar-refractivity contribution is 0.928. The number of aromatic nitrogens is 2. The zero-order valence-electron chi connectivity index (χ0n) is 9.82. The van der Waals surface area contributed by atoms with Gasteiger partial charge in [0, 0.05) is 21.9 Å². The Morgan fingerprint density at radius 1 is 1.37 bits per heavy atom. The average molecular weight is 313 g/mol. The van der Waals surface area contributed by atoms with Gasteiger partial charge in [-0.2, -0.15) is 0 Å². The van der Waals surface area contributed by atoms with E-state index in [9.17, 15) is 4.79 Å². The second-order valence-corrected chi connectivity index (χ2v) is 5.45. The minimum Gasteiger partial charge on any atom is -0.301 e. The third-order valence-electron chi connectivity index (χ3n) is 2.36. The van der Waals surface area contributed by atoms with Gasteiger partial charge < -0.3 is 4.98 Å². The Morgan fingerprint density at radius 3 is 2.68 bits per heavy atom. The molecule has 1 aromatic carbocycles. The number of halogens is 2. The van der Waals surface area contributed by atoms with Crippen molar-refractivity contribution in [2.75, 3.05) is 0 Å². The van der Waals surface area contributed by atoms with Crippen LogP contribution in [0.5, 0.6) is 0 Å². The highest BCUT2D eigenvalue weighted by molar-refractivity contribution is 7.98. The Labute approximate surface area is 124 Å². The average Bonchev–Trinajstić information content (AvgIpc) is 2.37. The van der Waals surface area contributed by atoms with E-state index in [-0.39, 0.29) is 5.56 Å². The lowest BCUT2D eigenvalue weighted by Crippen LogP contribution is -2.08. The minimum absolute atomic E-state index is 0.211. The SMILES string of the molecule is C=Cc1cc(=O)[nH]c(SCc2c(Cl)cccc2Cl)n1. The Kier molecular flexibility index (Phi) is 4.69. The van der Waals surface area contributed by atoms with Gasteiger partial charge in [0.15, 0.2) is 5.16 Å². The molecule has 0 saturated carbocycles. The second kappa shape index (κ2) is 6.28. The van der Waals surface area contributed by atoms with Crippen molar-refractivity contribution in [3.05, 3.63) is 62.5 Å². The Hall–Kier alpha value is -1.23. The lowest BCUT2D eigenvalue weighted by Gasteiger charge is -2.06. The lowest BCUT2D eigenvalue weighted by atomic mass is 10.2. The van der Waals surface area contributed by atoms with Crippen molar-refractivity contribution < 1.29 is 0 Å². The van der Waals surface area contributed by atoms with Crippen LogP contribution < -0.4 is 5.56 Å². The van der Waals surface area contributed by atoms with Gasteiger partial charge in [0.05, 0.1) is 5.69 Å². The van der Waals surface area contributed by atoms with Crippen molar-refractivity contribution in [1.29, 1.82) is 0 Å². The number of rotatable bonds is 4. The van der Waals surface area contributed by atoms with Gasteiger partial charge in [-0.15, -0.1) is 0 Å². The zero-order chi connectivity index (χ0) is 13.8. The molecular weight excluding hydrogens is 303 g/mol. The van der Waals surface area contributed by atoms with Crippen LogP contribution in [0.4, 0.5) is 0 Å². The van der Waals surface area contributed by atoms with Crippen molar-refractivity contribution in [3.8, 4) is 0 Å². The molecule has 0 unspecified atom stereocenters. The number of benzene rings is 1. The number of thioether (sulfide) groups is 1. The van der Waals surface area contributed by atoms with Crippen LogP contribution in [0.3, 0.4) is 0 Å². The maximum Gasteiger partial charge on any atom is 0.252 e. The van der Waals surface area contributed by atoms with Gasteiger partial charge in [-0.05, 0) is 23.8 Å². The van der Waals surface area contributed by atoms with Crippen molar-refractivity contribution in [3.63, 3.8) is 0 Å². The maximum atomic E-state index is 11.4. The van der Waals surface area contributed by atoms with Gasteiger partial charge in [-0.25, -0.2) is 4.98 Å². The second-order valence-electron chi connectivity index (χ2n) is 3.67. The zero-order valence-corrected chi connectivity index (χ0v) is 12.1. The predicted molar refractivity (Wildman–Crippen MR) is 81.0 cm³/mol. The summed E-state index contributed by atoms with van der Waals surface area (Å²) in [7, 11) is 0. The highest BCUT2D eigenvalue weighted by atomic mass is 35.5. The fourth-order valence-corrected chi connectivity index (χ4v) is 3.06. The molecule has 0 radical (unpaired) electrons. The Bertz CT molecular complexity index is 650. The van der Waals surface area contributed by atoms with Gasteiger partial charge in [-0.3, -0.25) is 4.79 Å². The highest BCUT2D eigenvalue weighted by Gasteiger charge is 2.07. The Morgan fingerprint density at radius 2 is 2.05 bits per heavy atom. The molecule has 0 fully saturated rings. The fourth-order valence-electron chi connectivity index (χ4n) is 1.44. The summed E-state index contributed by atoms with van der Waals surface area (Å²) in [6.07, 6.45) is 1.53. The van der Waals surface area contributed by atoms with Crippen LogP contribution in [0.2, 0.25) is 10.0 Å².